The van der Waals surface area contributed by atoms with Crippen LogP contribution >= 0.6 is 34.3 Å². The lowest BCUT2D eigenvalue weighted by molar-refractivity contribution is 0.1000. The molecule has 2 heterocycles. The van der Waals surface area contributed by atoms with Gasteiger partial charge in [-0.05, 0) is 36.8 Å². The molecule has 0 saturated heterocycles. The summed E-state index contributed by atoms with van der Waals surface area (Å²) in [5.41, 5.74) is 7.09. The Morgan fingerprint density at radius 1 is 1.27 bits per heavy atom. The lowest BCUT2D eigenvalue weighted by atomic mass is 9.87. The van der Waals surface area contributed by atoms with Crippen LogP contribution in [0.25, 0.3) is 10.1 Å². The summed E-state index contributed by atoms with van der Waals surface area (Å²) in [6, 6.07) is 7.63. The highest BCUT2D eigenvalue weighted by Crippen LogP contribution is 2.41. The lowest BCUT2D eigenvalue weighted by Gasteiger charge is -2.18. The van der Waals surface area contributed by atoms with Gasteiger partial charge in [0.05, 0.1) is 10.6 Å². The number of nitrogens with two attached hydrogens (primary N) is 1. The molecule has 0 spiro atoms. The van der Waals surface area contributed by atoms with Crippen LogP contribution in [0.4, 0.5) is 5.00 Å². The minimum Gasteiger partial charge on any atom is -0.365 e. The molecule has 0 bridgehead atoms. The fourth-order valence-electron chi connectivity index (χ4n) is 3.43. The van der Waals surface area contributed by atoms with E-state index in [1.165, 1.54) is 22.7 Å². The molecular formula is C19H17ClN2O2S2. The van der Waals surface area contributed by atoms with E-state index in [1.807, 2.05) is 24.3 Å². The molecule has 0 radical (unpaired) electrons. The van der Waals surface area contributed by atoms with Crippen molar-refractivity contribution in [2.45, 2.75) is 26.2 Å². The average molecular weight is 405 g/mol. The summed E-state index contributed by atoms with van der Waals surface area (Å²) in [5.74, 6) is -0.282. The van der Waals surface area contributed by atoms with E-state index in [0.717, 1.165) is 39.8 Å². The van der Waals surface area contributed by atoms with Gasteiger partial charge in [0.1, 0.15) is 9.88 Å². The van der Waals surface area contributed by atoms with Crippen LogP contribution in [-0.4, -0.2) is 11.8 Å². The number of benzene rings is 1. The molecule has 4 nitrogen and oxygen atoms in total. The Labute approximate surface area is 164 Å². The summed E-state index contributed by atoms with van der Waals surface area (Å²) in [4.78, 5) is 26.5. The molecule has 0 aliphatic heterocycles. The average Bonchev–Trinajstić information content (AvgIpc) is 3.12. The molecule has 2 amide bonds. The van der Waals surface area contributed by atoms with Gasteiger partial charge in [0, 0.05) is 15.0 Å². The summed E-state index contributed by atoms with van der Waals surface area (Å²) >= 11 is 9.20. The number of rotatable bonds is 3. The van der Waals surface area contributed by atoms with E-state index in [-0.39, 0.29) is 5.91 Å². The summed E-state index contributed by atoms with van der Waals surface area (Å²) in [7, 11) is 0. The van der Waals surface area contributed by atoms with Gasteiger partial charge in [0.25, 0.3) is 11.8 Å². The fourth-order valence-corrected chi connectivity index (χ4v) is 6.08. The molecule has 1 aromatic carbocycles. The Hall–Kier alpha value is -1.89. The van der Waals surface area contributed by atoms with Gasteiger partial charge in [-0.1, -0.05) is 36.7 Å². The molecule has 3 aromatic rings. The highest BCUT2D eigenvalue weighted by molar-refractivity contribution is 7.22. The number of anilines is 1. The van der Waals surface area contributed by atoms with Crippen molar-refractivity contribution in [1.82, 2.24) is 0 Å². The van der Waals surface area contributed by atoms with Crippen molar-refractivity contribution in [2.75, 3.05) is 5.32 Å². The van der Waals surface area contributed by atoms with Crippen molar-refractivity contribution < 1.29 is 9.59 Å². The number of aryl methyl sites for hydroxylation is 1. The number of amides is 2. The van der Waals surface area contributed by atoms with Crippen LogP contribution in [0.1, 0.15) is 43.8 Å². The van der Waals surface area contributed by atoms with Crippen LogP contribution < -0.4 is 11.1 Å². The SMILES string of the molecule is CC1CCc2sc(NC(=O)c3sc4ccccc4c3Cl)c(C(N)=O)c2C1. The second-order valence-corrected chi connectivity index (χ2v) is 9.15. The number of hydrogen-bond acceptors (Lipinski definition) is 4. The number of primary amides is 1. The summed E-state index contributed by atoms with van der Waals surface area (Å²) in [6.07, 6.45) is 2.83. The third-order valence-electron chi connectivity index (χ3n) is 4.72. The van der Waals surface area contributed by atoms with Crippen LogP contribution in [0.5, 0.6) is 0 Å². The molecule has 7 heteroatoms. The first-order chi connectivity index (χ1) is 12.5. The van der Waals surface area contributed by atoms with E-state index in [9.17, 15) is 9.59 Å². The van der Waals surface area contributed by atoms with Crippen LogP contribution in [0.3, 0.4) is 0 Å². The number of fused-ring (bicyclic) bond motifs is 2. The largest absolute Gasteiger partial charge is 0.365 e. The number of thiophene rings is 2. The van der Waals surface area contributed by atoms with E-state index >= 15 is 0 Å². The van der Waals surface area contributed by atoms with Crippen molar-refractivity contribution in [2.24, 2.45) is 11.7 Å². The number of halogens is 1. The van der Waals surface area contributed by atoms with Crippen molar-refractivity contribution >= 4 is 61.2 Å². The van der Waals surface area contributed by atoms with Crippen LogP contribution in [0.2, 0.25) is 5.02 Å². The van der Waals surface area contributed by atoms with Crippen molar-refractivity contribution in [3.63, 3.8) is 0 Å². The normalized spacial score (nSPS) is 16.5. The lowest BCUT2D eigenvalue weighted by Crippen LogP contribution is -2.19. The van der Waals surface area contributed by atoms with Crippen LogP contribution in [-0.2, 0) is 12.8 Å². The van der Waals surface area contributed by atoms with Crippen molar-refractivity contribution in [3.8, 4) is 0 Å². The standard InChI is InChI=1S/C19H17ClN2O2S2/c1-9-6-7-13-11(8-9)14(17(21)23)19(26-13)22-18(24)16-15(20)10-4-2-3-5-12(10)25-16/h2-5,9H,6-8H2,1H3,(H2,21,23)(H,22,24). The zero-order valence-corrected chi connectivity index (χ0v) is 16.5. The van der Waals surface area contributed by atoms with Crippen LogP contribution in [0.15, 0.2) is 24.3 Å². The molecule has 0 saturated carbocycles. The summed E-state index contributed by atoms with van der Waals surface area (Å²) in [5, 5.41) is 4.73. The third-order valence-corrected chi connectivity index (χ3v) is 7.60. The molecule has 26 heavy (non-hydrogen) atoms. The molecule has 1 atom stereocenters. The zero-order valence-electron chi connectivity index (χ0n) is 14.1. The van der Waals surface area contributed by atoms with Gasteiger partial charge in [-0.3, -0.25) is 9.59 Å². The molecule has 1 unspecified atom stereocenters. The Morgan fingerprint density at radius 3 is 2.77 bits per heavy atom. The zero-order chi connectivity index (χ0) is 18.4. The number of nitrogens with one attached hydrogen (secondary N) is 1. The van der Waals surface area contributed by atoms with Gasteiger partial charge < -0.3 is 11.1 Å². The van der Waals surface area contributed by atoms with E-state index in [2.05, 4.69) is 12.2 Å². The molecule has 1 aliphatic rings. The van der Waals surface area contributed by atoms with Crippen molar-refractivity contribution in [3.05, 3.63) is 50.2 Å². The molecule has 134 valence electrons. The maximum absolute atomic E-state index is 12.8. The smallest absolute Gasteiger partial charge is 0.267 e. The van der Waals surface area contributed by atoms with Crippen molar-refractivity contribution in [1.29, 1.82) is 0 Å². The summed E-state index contributed by atoms with van der Waals surface area (Å²) < 4.78 is 0.956. The second-order valence-electron chi connectivity index (χ2n) is 6.62. The van der Waals surface area contributed by atoms with E-state index in [1.54, 1.807) is 0 Å². The quantitative estimate of drug-likeness (QED) is 0.637. The topological polar surface area (TPSA) is 72.2 Å². The first-order valence-electron chi connectivity index (χ1n) is 8.38. The number of carbonyl (C=O) groups is 2. The molecule has 4 rings (SSSR count). The maximum Gasteiger partial charge on any atom is 0.267 e. The fraction of sp³-hybridized carbons (Fsp3) is 0.263. The Balaban J connectivity index is 1.71. The first-order valence-corrected chi connectivity index (χ1v) is 10.4. The van der Waals surface area contributed by atoms with Gasteiger partial charge >= 0.3 is 0 Å². The maximum atomic E-state index is 12.8. The molecule has 2 aromatic heterocycles. The second kappa shape index (κ2) is 6.68. The van der Waals surface area contributed by atoms with Gasteiger partial charge in [0.2, 0.25) is 0 Å². The van der Waals surface area contributed by atoms with Gasteiger partial charge in [0.15, 0.2) is 0 Å². The first kappa shape index (κ1) is 17.5. The predicted octanol–water partition coefficient (Wildman–Crippen LogP) is 5.09. The predicted molar refractivity (Wildman–Crippen MR) is 109 cm³/mol. The Bertz CT molecular complexity index is 1040. The van der Waals surface area contributed by atoms with Gasteiger partial charge in [-0.15, -0.1) is 22.7 Å². The van der Waals surface area contributed by atoms with E-state index in [0.29, 0.717) is 26.4 Å². The Kier molecular flexibility index (Phi) is 4.50. The highest BCUT2D eigenvalue weighted by atomic mass is 35.5. The minimum atomic E-state index is -0.491. The monoisotopic (exact) mass is 404 g/mol. The van der Waals surface area contributed by atoms with Crippen LogP contribution in [0, 0.1) is 5.92 Å². The Morgan fingerprint density at radius 2 is 2.04 bits per heavy atom. The summed E-state index contributed by atoms with van der Waals surface area (Å²) in [6.45, 7) is 2.17. The molecular weight excluding hydrogens is 388 g/mol. The third kappa shape index (κ3) is 2.92. The van der Waals surface area contributed by atoms with E-state index < -0.39 is 5.91 Å². The van der Waals surface area contributed by atoms with Gasteiger partial charge in [-0.25, -0.2) is 0 Å². The molecule has 3 N–H and O–H groups in total. The molecule has 1 aliphatic carbocycles. The number of carbonyl (C=O) groups excluding carboxylic acids is 2. The molecule has 0 fully saturated rings. The van der Waals surface area contributed by atoms with Gasteiger partial charge in [-0.2, -0.15) is 0 Å². The van der Waals surface area contributed by atoms with E-state index in [4.69, 9.17) is 17.3 Å². The number of hydrogen-bond donors (Lipinski definition) is 2. The highest BCUT2D eigenvalue weighted by Gasteiger charge is 2.28. The minimum absolute atomic E-state index is 0.301.